The second-order valence-electron chi connectivity index (χ2n) is 5.65. The molecule has 0 saturated carbocycles. The Bertz CT molecular complexity index is 334. The van der Waals surface area contributed by atoms with Crippen LogP contribution >= 0.6 is 12.4 Å². The molecule has 2 N–H and O–H groups in total. The fourth-order valence-corrected chi connectivity index (χ4v) is 2.51. The van der Waals surface area contributed by atoms with Crippen LogP contribution in [0.3, 0.4) is 0 Å². The highest BCUT2D eigenvalue weighted by molar-refractivity contribution is 5.85. The number of halogens is 1. The quantitative estimate of drug-likeness (QED) is 0.803. The SMILES string of the molecule is CCN(CC)C(=O)CCC(=O)N1CCC(C)(CN)C1.Cl. The second-order valence-corrected chi connectivity index (χ2v) is 5.65. The van der Waals surface area contributed by atoms with Crippen LogP contribution in [0.5, 0.6) is 0 Å². The second kappa shape index (κ2) is 8.47. The molecular weight excluding hydrogens is 278 g/mol. The summed E-state index contributed by atoms with van der Waals surface area (Å²) in [4.78, 5) is 27.5. The number of hydrogen-bond donors (Lipinski definition) is 1. The zero-order chi connectivity index (χ0) is 14.5. The maximum atomic E-state index is 12.1. The summed E-state index contributed by atoms with van der Waals surface area (Å²) in [5.74, 6) is 0.150. The minimum atomic E-state index is 0. The fraction of sp³-hybridized carbons (Fsp3) is 0.857. The number of hydrogen-bond acceptors (Lipinski definition) is 3. The van der Waals surface area contributed by atoms with Gasteiger partial charge in [0.25, 0.3) is 0 Å². The van der Waals surface area contributed by atoms with Crippen molar-refractivity contribution in [3.8, 4) is 0 Å². The molecule has 5 nitrogen and oxygen atoms in total. The maximum absolute atomic E-state index is 12.1. The van der Waals surface area contributed by atoms with E-state index >= 15 is 0 Å². The van der Waals surface area contributed by atoms with Crippen molar-refractivity contribution >= 4 is 24.2 Å². The third-order valence-electron chi connectivity index (χ3n) is 4.07. The van der Waals surface area contributed by atoms with Crippen molar-refractivity contribution in [2.75, 3.05) is 32.7 Å². The predicted octanol–water partition coefficient (Wildman–Crippen LogP) is 1.25. The molecule has 1 rings (SSSR count). The van der Waals surface area contributed by atoms with E-state index in [0.717, 1.165) is 19.5 Å². The first-order chi connectivity index (χ1) is 8.95. The maximum Gasteiger partial charge on any atom is 0.223 e. The Balaban J connectivity index is 0.00000361. The van der Waals surface area contributed by atoms with Crippen LogP contribution < -0.4 is 5.73 Å². The van der Waals surface area contributed by atoms with Crippen LogP contribution in [-0.4, -0.2) is 54.3 Å². The summed E-state index contributed by atoms with van der Waals surface area (Å²) in [5.41, 5.74) is 5.78. The number of nitrogens with zero attached hydrogens (tertiary/aromatic N) is 2. The Morgan fingerprint density at radius 3 is 2.30 bits per heavy atom. The van der Waals surface area contributed by atoms with E-state index in [4.69, 9.17) is 5.73 Å². The lowest BCUT2D eigenvalue weighted by atomic mass is 9.90. The fourth-order valence-electron chi connectivity index (χ4n) is 2.51. The van der Waals surface area contributed by atoms with E-state index in [9.17, 15) is 9.59 Å². The van der Waals surface area contributed by atoms with Gasteiger partial charge in [0.1, 0.15) is 0 Å². The number of carbonyl (C=O) groups excluding carboxylic acids is 2. The summed E-state index contributed by atoms with van der Waals surface area (Å²) in [6.07, 6.45) is 1.59. The van der Waals surface area contributed by atoms with Crippen molar-refractivity contribution in [3.63, 3.8) is 0 Å². The van der Waals surface area contributed by atoms with E-state index in [1.165, 1.54) is 0 Å². The van der Waals surface area contributed by atoms with Crippen LogP contribution in [0.2, 0.25) is 0 Å². The molecule has 118 valence electrons. The molecule has 1 atom stereocenters. The number of likely N-dealkylation sites (tertiary alicyclic amines) is 1. The molecule has 0 bridgehead atoms. The highest BCUT2D eigenvalue weighted by Crippen LogP contribution is 2.28. The standard InChI is InChI=1S/C14H27N3O2.ClH/c1-4-16(5-2)12(18)6-7-13(19)17-9-8-14(3,10-15)11-17;/h4-11,15H2,1-3H3;1H. The Morgan fingerprint density at radius 2 is 1.85 bits per heavy atom. The summed E-state index contributed by atoms with van der Waals surface area (Å²) in [5, 5.41) is 0. The molecule has 1 fully saturated rings. The van der Waals surface area contributed by atoms with Gasteiger partial charge in [0.15, 0.2) is 0 Å². The average Bonchev–Trinajstić information content (AvgIpc) is 2.81. The monoisotopic (exact) mass is 305 g/mol. The topological polar surface area (TPSA) is 66.6 Å². The molecule has 1 aliphatic heterocycles. The third kappa shape index (κ3) is 4.94. The van der Waals surface area contributed by atoms with E-state index in [1.54, 1.807) is 4.90 Å². The highest BCUT2D eigenvalue weighted by atomic mass is 35.5. The first-order valence-corrected chi connectivity index (χ1v) is 7.21. The number of nitrogens with two attached hydrogens (primary N) is 1. The molecule has 0 aromatic rings. The Labute approximate surface area is 128 Å². The van der Waals surface area contributed by atoms with Gasteiger partial charge < -0.3 is 15.5 Å². The smallest absolute Gasteiger partial charge is 0.223 e. The van der Waals surface area contributed by atoms with Gasteiger partial charge in [0.2, 0.25) is 11.8 Å². The molecule has 20 heavy (non-hydrogen) atoms. The summed E-state index contributed by atoms with van der Waals surface area (Å²) in [6, 6.07) is 0. The van der Waals surface area contributed by atoms with Gasteiger partial charge in [-0.3, -0.25) is 9.59 Å². The van der Waals surface area contributed by atoms with Crippen molar-refractivity contribution < 1.29 is 9.59 Å². The highest BCUT2D eigenvalue weighted by Gasteiger charge is 2.34. The van der Waals surface area contributed by atoms with Crippen LogP contribution in [-0.2, 0) is 9.59 Å². The molecule has 1 saturated heterocycles. The third-order valence-corrected chi connectivity index (χ3v) is 4.07. The number of carbonyl (C=O) groups is 2. The summed E-state index contributed by atoms with van der Waals surface area (Å²) in [7, 11) is 0. The van der Waals surface area contributed by atoms with Crippen LogP contribution in [0, 0.1) is 5.41 Å². The molecule has 2 amide bonds. The first kappa shape index (κ1) is 19.2. The Kier molecular flexibility index (Phi) is 8.13. The van der Waals surface area contributed by atoms with Gasteiger partial charge in [-0.1, -0.05) is 6.92 Å². The zero-order valence-corrected chi connectivity index (χ0v) is 13.7. The minimum absolute atomic E-state index is 0. The van der Waals surface area contributed by atoms with Crippen molar-refractivity contribution in [2.45, 2.75) is 40.0 Å². The lowest BCUT2D eigenvalue weighted by Gasteiger charge is -2.23. The van der Waals surface area contributed by atoms with Gasteiger partial charge in [0, 0.05) is 39.0 Å². The lowest BCUT2D eigenvalue weighted by Crippen LogP contribution is -2.36. The van der Waals surface area contributed by atoms with Gasteiger partial charge in [-0.25, -0.2) is 0 Å². The molecule has 0 aromatic heterocycles. The van der Waals surface area contributed by atoms with Crippen LogP contribution in [0.25, 0.3) is 0 Å². The van der Waals surface area contributed by atoms with Gasteiger partial charge >= 0.3 is 0 Å². The summed E-state index contributed by atoms with van der Waals surface area (Å²) in [6.45, 7) is 9.54. The van der Waals surface area contributed by atoms with Gasteiger partial charge in [-0.2, -0.15) is 0 Å². The van der Waals surface area contributed by atoms with E-state index < -0.39 is 0 Å². The van der Waals surface area contributed by atoms with Gasteiger partial charge in [-0.05, 0) is 32.2 Å². The molecule has 1 heterocycles. The Hall–Kier alpha value is -0.810. The molecule has 0 spiro atoms. The normalized spacial score (nSPS) is 21.5. The molecule has 1 unspecified atom stereocenters. The molecule has 0 radical (unpaired) electrons. The van der Waals surface area contributed by atoms with E-state index in [-0.39, 0.29) is 29.6 Å². The van der Waals surface area contributed by atoms with Crippen molar-refractivity contribution in [1.29, 1.82) is 0 Å². The number of rotatable bonds is 6. The van der Waals surface area contributed by atoms with Crippen LogP contribution in [0.15, 0.2) is 0 Å². The van der Waals surface area contributed by atoms with Crippen molar-refractivity contribution in [2.24, 2.45) is 11.1 Å². The minimum Gasteiger partial charge on any atom is -0.343 e. The van der Waals surface area contributed by atoms with Crippen molar-refractivity contribution in [1.82, 2.24) is 9.80 Å². The van der Waals surface area contributed by atoms with E-state index in [1.807, 2.05) is 18.7 Å². The molecule has 0 aromatic carbocycles. The van der Waals surface area contributed by atoms with Crippen LogP contribution in [0.4, 0.5) is 0 Å². The summed E-state index contributed by atoms with van der Waals surface area (Å²) >= 11 is 0. The Morgan fingerprint density at radius 1 is 1.25 bits per heavy atom. The van der Waals surface area contributed by atoms with E-state index in [2.05, 4.69) is 6.92 Å². The average molecular weight is 306 g/mol. The largest absolute Gasteiger partial charge is 0.343 e. The predicted molar refractivity (Wildman–Crippen MR) is 82.8 cm³/mol. The van der Waals surface area contributed by atoms with Gasteiger partial charge in [0.05, 0.1) is 0 Å². The molecule has 6 heteroatoms. The number of amides is 2. The van der Waals surface area contributed by atoms with E-state index in [0.29, 0.717) is 32.5 Å². The van der Waals surface area contributed by atoms with Gasteiger partial charge in [-0.15, -0.1) is 12.4 Å². The van der Waals surface area contributed by atoms with Crippen LogP contribution in [0.1, 0.15) is 40.0 Å². The first-order valence-electron chi connectivity index (χ1n) is 7.21. The molecule has 1 aliphatic rings. The molecule has 0 aliphatic carbocycles. The zero-order valence-electron chi connectivity index (χ0n) is 12.9. The molecular formula is C14H28ClN3O2. The van der Waals surface area contributed by atoms with Crippen molar-refractivity contribution in [3.05, 3.63) is 0 Å². The summed E-state index contributed by atoms with van der Waals surface area (Å²) < 4.78 is 0. The lowest BCUT2D eigenvalue weighted by molar-refractivity contribution is -0.136.